The predicted molar refractivity (Wildman–Crippen MR) is 62.1 cm³/mol. The van der Waals surface area contributed by atoms with Crippen LogP contribution in [0.3, 0.4) is 0 Å². The smallest absolute Gasteiger partial charge is 0.239 e. The molecule has 0 unspecified atom stereocenters. The minimum Gasteiger partial charge on any atom is -0.392 e. The number of hydrogen-bond donors (Lipinski definition) is 2. The Balaban J connectivity index is 2.89. The lowest BCUT2D eigenvalue weighted by Crippen LogP contribution is -2.36. The summed E-state index contributed by atoms with van der Waals surface area (Å²) in [5.74, 6) is 0.590. The molecule has 88 valence electrons. The third-order valence-electron chi connectivity index (χ3n) is 2.33. The molecule has 2 N–H and O–H groups in total. The SMILES string of the molecule is CCN(CC(=O)NC)c1ncccc1CO. The van der Waals surface area contributed by atoms with Crippen LogP contribution in [0.5, 0.6) is 0 Å². The zero-order chi connectivity index (χ0) is 12.0. The third kappa shape index (κ3) is 2.93. The fourth-order valence-corrected chi connectivity index (χ4v) is 1.43. The van der Waals surface area contributed by atoms with Crippen LogP contribution in [0, 0.1) is 0 Å². The number of nitrogens with one attached hydrogen (secondary N) is 1. The number of aliphatic hydroxyl groups excluding tert-OH is 1. The molecule has 1 aromatic heterocycles. The topological polar surface area (TPSA) is 65.5 Å². The third-order valence-corrected chi connectivity index (χ3v) is 2.33. The molecule has 0 radical (unpaired) electrons. The molecule has 0 saturated carbocycles. The first-order valence-corrected chi connectivity index (χ1v) is 5.23. The van der Waals surface area contributed by atoms with Crippen LogP contribution in [0.4, 0.5) is 5.82 Å². The second-order valence-corrected chi connectivity index (χ2v) is 3.33. The second kappa shape index (κ2) is 6.07. The van der Waals surface area contributed by atoms with Crippen molar-refractivity contribution in [2.75, 3.05) is 25.0 Å². The van der Waals surface area contributed by atoms with E-state index in [9.17, 15) is 9.90 Å². The van der Waals surface area contributed by atoms with Gasteiger partial charge in [-0.2, -0.15) is 0 Å². The number of nitrogens with zero attached hydrogens (tertiary/aromatic N) is 2. The van der Waals surface area contributed by atoms with E-state index in [2.05, 4.69) is 10.3 Å². The van der Waals surface area contributed by atoms with E-state index in [0.717, 1.165) is 5.56 Å². The number of rotatable bonds is 5. The molecular weight excluding hydrogens is 206 g/mol. The van der Waals surface area contributed by atoms with Gasteiger partial charge in [0.15, 0.2) is 0 Å². The summed E-state index contributed by atoms with van der Waals surface area (Å²) in [6.07, 6.45) is 1.65. The standard InChI is InChI=1S/C11H17N3O2/c1-3-14(7-10(16)12-2)11-9(8-15)5-4-6-13-11/h4-6,15H,3,7-8H2,1-2H3,(H,12,16). The monoisotopic (exact) mass is 223 g/mol. The molecule has 0 fully saturated rings. The van der Waals surface area contributed by atoms with Crippen molar-refractivity contribution in [2.45, 2.75) is 13.5 Å². The van der Waals surface area contributed by atoms with Gasteiger partial charge in [0.2, 0.25) is 5.91 Å². The molecule has 0 spiro atoms. The van der Waals surface area contributed by atoms with Crippen LogP contribution in [0.25, 0.3) is 0 Å². The van der Waals surface area contributed by atoms with Crippen LogP contribution < -0.4 is 10.2 Å². The molecule has 0 atom stereocenters. The quantitative estimate of drug-likeness (QED) is 0.745. The molecule has 0 aromatic carbocycles. The van der Waals surface area contributed by atoms with Crippen molar-refractivity contribution in [2.24, 2.45) is 0 Å². The van der Waals surface area contributed by atoms with E-state index in [4.69, 9.17) is 0 Å². The summed E-state index contributed by atoms with van der Waals surface area (Å²) in [5.41, 5.74) is 0.730. The highest BCUT2D eigenvalue weighted by Gasteiger charge is 2.13. The van der Waals surface area contributed by atoms with Gasteiger partial charge in [-0.25, -0.2) is 4.98 Å². The Morgan fingerprint density at radius 1 is 1.62 bits per heavy atom. The van der Waals surface area contributed by atoms with Crippen molar-refractivity contribution in [3.63, 3.8) is 0 Å². The van der Waals surface area contributed by atoms with E-state index < -0.39 is 0 Å². The molecule has 0 bridgehead atoms. The van der Waals surface area contributed by atoms with Crippen molar-refractivity contribution >= 4 is 11.7 Å². The summed E-state index contributed by atoms with van der Waals surface area (Å²) in [5, 5.41) is 11.8. The van der Waals surface area contributed by atoms with E-state index in [1.165, 1.54) is 0 Å². The Hall–Kier alpha value is -1.62. The van der Waals surface area contributed by atoms with Crippen molar-refractivity contribution < 1.29 is 9.90 Å². The summed E-state index contributed by atoms with van der Waals surface area (Å²) in [6, 6.07) is 3.57. The highest BCUT2D eigenvalue weighted by Crippen LogP contribution is 2.16. The molecule has 5 nitrogen and oxygen atoms in total. The molecule has 0 aliphatic carbocycles. The van der Waals surface area contributed by atoms with Crippen LogP contribution in [-0.4, -0.2) is 36.1 Å². The fourth-order valence-electron chi connectivity index (χ4n) is 1.43. The highest BCUT2D eigenvalue weighted by atomic mass is 16.3. The van der Waals surface area contributed by atoms with Crippen molar-refractivity contribution in [1.82, 2.24) is 10.3 Å². The first-order valence-electron chi connectivity index (χ1n) is 5.23. The number of aliphatic hydroxyl groups is 1. The lowest BCUT2D eigenvalue weighted by atomic mass is 10.2. The Kier molecular flexibility index (Phi) is 4.72. The molecule has 5 heteroatoms. The molecule has 1 amide bonds. The molecule has 0 saturated heterocycles. The van der Waals surface area contributed by atoms with Crippen LogP contribution in [0.1, 0.15) is 12.5 Å². The number of likely N-dealkylation sites (N-methyl/N-ethyl adjacent to an activating group) is 2. The average Bonchev–Trinajstić information content (AvgIpc) is 2.35. The Bertz CT molecular complexity index is 355. The largest absolute Gasteiger partial charge is 0.392 e. The number of amides is 1. The van der Waals surface area contributed by atoms with Crippen LogP contribution in [-0.2, 0) is 11.4 Å². The van der Waals surface area contributed by atoms with Crippen molar-refractivity contribution in [3.05, 3.63) is 23.9 Å². The molecule has 16 heavy (non-hydrogen) atoms. The normalized spacial score (nSPS) is 9.94. The van der Waals surface area contributed by atoms with Crippen LogP contribution in [0.15, 0.2) is 18.3 Å². The average molecular weight is 223 g/mol. The maximum atomic E-state index is 11.3. The van der Waals surface area contributed by atoms with Crippen molar-refractivity contribution in [1.29, 1.82) is 0 Å². The fraction of sp³-hybridized carbons (Fsp3) is 0.455. The Morgan fingerprint density at radius 2 is 2.38 bits per heavy atom. The number of pyridine rings is 1. The zero-order valence-electron chi connectivity index (χ0n) is 9.60. The minimum absolute atomic E-state index is 0.0728. The van der Waals surface area contributed by atoms with E-state index in [1.54, 1.807) is 25.4 Å². The summed E-state index contributed by atoms with van der Waals surface area (Å²) < 4.78 is 0. The second-order valence-electron chi connectivity index (χ2n) is 3.33. The predicted octanol–water partition coefficient (Wildman–Crippen LogP) is 0.146. The number of anilines is 1. The molecule has 1 heterocycles. The van der Waals surface area contributed by atoms with E-state index in [0.29, 0.717) is 12.4 Å². The van der Waals surface area contributed by atoms with E-state index >= 15 is 0 Å². The van der Waals surface area contributed by atoms with Crippen molar-refractivity contribution in [3.8, 4) is 0 Å². The lowest BCUT2D eigenvalue weighted by Gasteiger charge is -2.22. The van der Waals surface area contributed by atoms with Gasteiger partial charge in [-0.05, 0) is 13.0 Å². The van der Waals surface area contributed by atoms with Gasteiger partial charge in [0.1, 0.15) is 5.82 Å². The van der Waals surface area contributed by atoms with Gasteiger partial charge in [0.05, 0.1) is 13.2 Å². The Labute approximate surface area is 95.1 Å². The number of aromatic nitrogens is 1. The van der Waals surface area contributed by atoms with Gasteiger partial charge in [0.25, 0.3) is 0 Å². The van der Waals surface area contributed by atoms with Gasteiger partial charge in [-0.15, -0.1) is 0 Å². The summed E-state index contributed by atoms with van der Waals surface area (Å²) in [7, 11) is 1.60. The summed E-state index contributed by atoms with van der Waals surface area (Å²) in [6.45, 7) is 2.78. The first-order chi connectivity index (χ1) is 7.72. The van der Waals surface area contributed by atoms with E-state index in [1.807, 2.05) is 11.8 Å². The summed E-state index contributed by atoms with van der Waals surface area (Å²) >= 11 is 0. The lowest BCUT2D eigenvalue weighted by molar-refractivity contribution is -0.119. The highest BCUT2D eigenvalue weighted by molar-refractivity contribution is 5.80. The number of carbonyl (C=O) groups excluding carboxylic acids is 1. The van der Waals surface area contributed by atoms with Gasteiger partial charge < -0.3 is 15.3 Å². The number of hydrogen-bond acceptors (Lipinski definition) is 4. The number of carbonyl (C=O) groups is 1. The molecular formula is C11H17N3O2. The maximum Gasteiger partial charge on any atom is 0.239 e. The Morgan fingerprint density at radius 3 is 2.94 bits per heavy atom. The van der Waals surface area contributed by atoms with Crippen LogP contribution in [0.2, 0.25) is 0 Å². The minimum atomic E-state index is -0.0760. The van der Waals surface area contributed by atoms with Gasteiger partial charge in [-0.1, -0.05) is 6.07 Å². The van der Waals surface area contributed by atoms with Gasteiger partial charge >= 0.3 is 0 Å². The van der Waals surface area contributed by atoms with Gasteiger partial charge in [-0.3, -0.25) is 4.79 Å². The molecule has 1 aromatic rings. The molecule has 1 rings (SSSR count). The molecule has 0 aliphatic rings. The summed E-state index contributed by atoms with van der Waals surface area (Å²) in [4.78, 5) is 17.3. The first kappa shape index (κ1) is 12.4. The maximum absolute atomic E-state index is 11.3. The van der Waals surface area contributed by atoms with Gasteiger partial charge in [0, 0.05) is 25.4 Å². The van der Waals surface area contributed by atoms with E-state index in [-0.39, 0.29) is 19.1 Å². The molecule has 0 aliphatic heterocycles. The van der Waals surface area contributed by atoms with Crippen LogP contribution >= 0.6 is 0 Å². The zero-order valence-corrected chi connectivity index (χ0v) is 9.60.